The highest BCUT2D eigenvalue weighted by atomic mass is 79.9. The van der Waals surface area contributed by atoms with Crippen LogP contribution in [0.2, 0.25) is 0 Å². The molecule has 6 heteroatoms. The number of nitrogens with one attached hydrogen (secondary N) is 1. The second-order valence-corrected chi connectivity index (χ2v) is 6.43. The molecule has 3 N–H and O–H groups in total. The van der Waals surface area contributed by atoms with Crippen molar-refractivity contribution in [3.63, 3.8) is 0 Å². The molecule has 2 aromatic carbocycles. The number of nitrogen functional groups attached to an aromatic ring is 1. The van der Waals surface area contributed by atoms with Gasteiger partial charge in [0, 0.05) is 16.1 Å². The Morgan fingerprint density at radius 3 is 2.76 bits per heavy atom. The van der Waals surface area contributed by atoms with E-state index in [-0.39, 0.29) is 5.91 Å². The molecule has 0 fully saturated rings. The lowest BCUT2D eigenvalue weighted by atomic mass is 10.2. The lowest BCUT2D eigenvalue weighted by Gasteiger charge is -2.04. The number of halogens is 2. The SMILES string of the molecule is Nc1ccc2sc(C(=O)Nc3ccc(Br)c(F)c3)cc2c1. The van der Waals surface area contributed by atoms with Crippen molar-refractivity contribution in [2.24, 2.45) is 0 Å². The van der Waals surface area contributed by atoms with Crippen molar-refractivity contribution in [2.45, 2.75) is 0 Å². The van der Waals surface area contributed by atoms with Crippen LogP contribution >= 0.6 is 27.3 Å². The number of fused-ring (bicyclic) bond motifs is 1. The fourth-order valence-electron chi connectivity index (χ4n) is 1.94. The van der Waals surface area contributed by atoms with Crippen LogP contribution in [0, 0.1) is 5.82 Å². The predicted octanol–water partition coefficient (Wildman–Crippen LogP) is 4.64. The maximum atomic E-state index is 13.4. The largest absolute Gasteiger partial charge is 0.399 e. The number of anilines is 2. The van der Waals surface area contributed by atoms with Gasteiger partial charge in [-0.1, -0.05) is 0 Å². The van der Waals surface area contributed by atoms with Crippen LogP contribution < -0.4 is 11.1 Å². The number of carbonyl (C=O) groups excluding carboxylic acids is 1. The molecule has 0 radical (unpaired) electrons. The van der Waals surface area contributed by atoms with Crippen molar-refractivity contribution in [1.29, 1.82) is 0 Å². The topological polar surface area (TPSA) is 55.1 Å². The van der Waals surface area contributed by atoms with Gasteiger partial charge in [0.05, 0.1) is 9.35 Å². The molecule has 0 unspecified atom stereocenters. The summed E-state index contributed by atoms with van der Waals surface area (Å²) < 4.78 is 14.8. The minimum Gasteiger partial charge on any atom is -0.399 e. The zero-order valence-corrected chi connectivity index (χ0v) is 13.1. The fourth-order valence-corrected chi connectivity index (χ4v) is 3.13. The van der Waals surface area contributed by atoms with Crippen molar-refractivity contribution in [3.8, 4) is 0 Å². The lowest BCUT2D eigenvalue weighted by molar-refractivity contribution is 0.103. The van der Waals surface area contributed by atoms with E-state index < -0.39 is 5.82 Å². The van der Waals surface area contributed by atoms with Crippen molar-refractivity contribution in [3.05, 3.63) is 57.6 Å². The summed E-state index contributed by atoms with van der Waals surface area (Å²) in [6.45, 7) is 0. The summed E-state index contributed by atoms with van der Waals surface area (Å²) in [5.41, 5.74) is 6.79. The first kappa shape index (κ1) is 14.0. The van der Waals surface area contributed by atoms with Gasteiger partial charge >= 0.3 is 0 Å². The molecule has 0 atom stereocenters. The number of benzene rings is 2. The van der Waals surface area contributed by atoms with Crippen LogP contribution in [0.1, 0.15) is 9.67 Å². The van der Waals surface area contributed by atoms with Gasteiger partial charge in [-0.15, -0.1) is 11.3 Å². The molecule has 1 amide bonds. The van der Waals surface area contributed by atoms with Crippen LogP contribution in [0.25, 0.3) is 10.1 Å². The molecule has 21 heavy (non-hydrogen) atoms. The summed E-state index contributed by atoms with van der Waals surface area (Å²) in [6, 6.07) is 11.7. The van der Waals surface area contributed by atoms with Crippen LogP contribution in [0.3, 0.4) is 0 Å². The number of hydrogen-bond acceptors (Lipinski definition) is 3. The molecule has 0 saturated carbocycles. The molecule has 0 aliphatic rings. The zero-order chi connectivity index (χ0) is 15.0. The Morgan fingerprint density at radius 1 is 1.19 bits per heavy atom. The third kappa shape index (κ3) is 2.91. The zero-order valence-electron chi connectivity index (χ0n) is 10.7. The van der Waals surface area contributed by atoms with E-state index in [1.54, 1.807) is 24.3 Å². The quantitative estimate of drug-likeness (QED) is 0.650. The molecular formula is C15H10BrFN2OS. The smallest absolute Gasteiger partial charge is 0.265 e. The number of rotatable bonds is 2. The Morgan fingerprint density at radius 2 is 2.00 bits per heavy atom. The molecule has 1 heterocycles. The van der Waals surface area contributed by atoms with E-state index >= 15 is 0 Å². The van der Waals surface area contributed by atoms with Crippen molar-refractivity contribution < 1.29 is 9.18 Å². The Labute approximate surface area is 132 Å². The van der Waals surface area contributed by atoms with Gasteiger partial charge in [0.15, 0.2) is 0 Å². The highest BCUT2D eigenvalue weighted by Crippen LogP contribution is 2.28. The first-order valence-electron chi connectivity index (χ1n) is 6.08. The summed E-state index contributed by atoms with van der Waals surface area (Å²) in [7, 11) is 0. The summed E-state index contributed by atoms with van der Waals surface area (Å²) in [6.07, 6.45) is 0. The molecule has 0 aliphatic heterocycles. The van der Waals surface area contributed by atoms with Gasteiger partial charge in [0.2, 0.25) is 0 Å². The van der Waals surface area contributed by atoms with E-state index in [1.165, 1.54) is 17.4 Å². The second-order valence-electron chi connectivity index (χ2n) is 4.49. The molecule has 0 spiro atoms. The molecule has 3 nitrogen and oxygen atoms in total. The van der Waals surface area contributed by atoms with Crippen molar-refractivity contribution >= 4 is 54.6 Å². The first-order chi connectivity index (χ1) is 10.0. The molecule has 0 aliphatic carbocycles. The van der Waals surface area contributed by atoms with Crippen LogP contribution in [-0.4, -0.2) is 5.91 Å². The van der Waals surface area contributed by atoms with E-state index in [0.717, 1.165) is 10.1 Å². The van der Waals surface area contributed by atoms with Gasteiger partial charge < -0.3 is 11.1 Å². The normalized spacial score (nSPS) is 10.8. The minimum absolute atomic E-state index is 0.267. The van der Waals surface area contributed by atoms with Gasteiger partial charge in [-0.25, -0.2) is 4.39 Å². The Bertz CT molecular complexity index is 847. The van der Waals surface area contributed by atoms with Crippen molar-refractivity contribution in [2.75, 3.05) is 11.1 Å². The Balaban J connectivity index is 1.87. The maximum absolute atomic E-state index is 13.4. The molecule has 0 saturated heterocycles. The average Bonchev–Trinajstić information content (AvgIpc) is 2.86. The number of nitrogens with two attached hydrogens (primary N) is 1. The summed E-state index contributed by atoms with van der Waals surface area (Å²) in [4.78, 5) is 12.8. The van der Waals surface area contributed by atoms with E-state index in [9.17, 15) is 9.18 Å². The number of carbonyl (C=O) groups is 1. The summed E-state index contributed by atoms with van der Waals surface area (Å²) >= 11 is 4.44. The van der Waals surface area contributed by atoms with Crippen LogP contribution in [0.15, 0.2) is 46.9 Å². The third-order valence-corrected chi connectivity index (χ3v) is 4.70. The highest BCUT2D eigenvalue weighted by molar-refractivity contribution is 9.10. The van der Waals surface area contributed by atoms with Crippen LogP contribution in [0.4, 0.5) is 15.8 Å². The molecule has 3 aromatic rings. The van der Waals surface area contributed by atoms with E-state index in [0.29, 0.717) is 20.7 Å². The molecule has 0 bridgehead atoms. The predicted molar refractivity (Wildman–Crippen MR) is 88.3 cm³/mol. The monoisotopic (exact) mass is 364 g/mol. The number of hydrogen-bond donors (Lipinski definition) is 2. The number of amides is 1. The van der Waals surface area contributed by atoms with Gasteiger partial charge in [-0.05, 0) is 63.8 Å². The second kappa shape index (κ2) is 5.46. The number of thiophene rings is 1. The maximum Gasteiger partial charge on any atom is 0.265 e. The van der Waals surface area contributed by atoms with E-state index in [2.05, 4.69) is 21.2 Å². The fraction of sp³-hybridized carbons (Fsp3) is 0. The Hall–Kier alpha value is -1.92. The third-order valence-electron chi connectivity index (χ3n) is 2.94. The van der Waals surface area contributed by atoms with Gasteiger partial charge in [-0.3, -0.25) is 4.79 Å². The van der Waals surface area contributed by atoms with E-state index in [4.69, 9.17) is 5.73 Å². The summed E-state index contributed by atoms with van der Waals surface area (Å²) in [5, 5.41) is 3.60. The minimum atomic E-state index is -0.420. The van der Waals surface area contributed by atoms with Crippen LogP contribution in [-0.2, 0) is 0 Å². The van der Waals surface area contributed by atoms with E-state index in [1.807, 2.05) is 12.1 Å². The first-order valence-corrected chi connectivity index (χ1v) is 7.69. The van der Waals surface area contributed by atoms with Gasteiger partial charge in [-0.2, -0.15) is 0 Å². The Kier molecular flexibility index (Phi) is 3.65. The average molecular weight is 365 g/mol. The van der Waals surface area contributed by atoms with Crippen molar-refractivity contribution in [1.82, 2.24) is 0 Å². The lowest BCUT2D eigenvalue weighted by Crippen LogP contribution is -2.10. The highest BCUT2D eigenvalue weighted by Gasteiger charge is 2.11. The summed E-state index contributed by atoms with van der Waals surface area (Å²) in [5.74, 6) is -0.687. The molecule has 1 aromatic heterocycles. The standard InChI is InChI=1S/C15H10BrFN2OS/c16-11-3-2-10(7-12(11)17)19-15(20)14-6-8-5-9(18)1-4-13(8)21-14/h1-7H,18H2,(H,19,20). The van der Waals surface area contributed by atoms with Gasteiger partial charge in [0.25, 0.3) is 5.91 Å². The molecule has 106 valence electrons. The van der Waals surface area contributed by atoms with Crippen LogP contribution in [0.5, 0.6) is 0 Å². The van der Waals surface area contributed by atoms with Gasteiger partial charge in [0.1, 0.15) is 5.82 Å². The molecule has 3 rings (SSSR count). The molecular weight excluding hydrogens is 355 g/mol.